The van der Waals surface area contributed by atoms with Crippen LogP contribution < -0.4 is 0 Å². The molecule has 0 fully saturated rings. The molecule has 0 aliphatic heterocycles. The minimum atomic E-state index is -4.36. The van der Waals surface area contributed by atoms with Crippen LogP contribution in [-0.2, 0) is 12.7 Å². The van der Waals surface area contributed by atoms with E-state index >= 15 is 0 Å². The molecule has 1 heterocycles. The zero-order valence-electron chi connectivity index (χ0n) is 12.1. The molecule has 0 unspecified atom stereocenters. The largest absolute Gasteiger partial charge is 0.416 e. The van der Waals surface area contributed by atoms with E-state index in [9.17, 15) is 18.0 Å². The maximum atomic E-state index is 12.5. The summed E-state index contributed by atoms with van der Waals surface area (Å²) in [6.45, 7) is 1.94. The number of rotatable bonds is 3. The van der Waals surface area contributed by atoms with Gasteiger partial charge in [0.25, 0.3) is 5.91 Å². The van der Waals surface area contributed by atoms with Gasteiger partial charge in [0.05, 0.1) is 17.5 Å². The van der Waals surface area contributed by atoms with Gasteiger partial charge in [0.1, 0.15) is 5.69 Å². The average molecular weight is 309 g/mol. The molecule has 0 saturated heterocycles. The van der Waals surface area contributed by atoms with Gasteiger partial charge in [-0.15, -0.1) is 0 Å². The number of carbonyl (C=O) groups is 1. The lowest BCUT2D eigenvalue weighted by molar-refractivity contribution is -0.137. The van der Waals surface area contributed by atoms with E-state index in [1.807, 2.05) is 0 Å². The normalized spacial score (nSPS) is 11.3. The molecule has 2 rings (SSSR count). The monoisotopic (exact) mass is 309 g/mol. The molecule has 1 aromatic heterocycles. The number of nitrogens with zero attached hydrogens (tertiary/aromatic N) is 3. The van der Waals surface area contributed by atoms with Crippen LogP contribution in [-0.4, -0.2) is 27.8 Å². The van der Waals surface area contributed by atoms with Crippen molar-refractivity contribution < 1.29 is 18.0 Å². The third kappa shape index (κ3) is 3.81. The number of carbonyl (C=O) groups excluding carboxylic acids is 1. The van der Waals surface area contributed by atoms with Gasteiger partial charge in [-0.05, 0) is 24.6 Å². The lowest BCUT2D eigenvalue weighted by Crippen LogP contribution is -2.27. The first-order valence-corrected chi connectivity index (χ1v) is 6.47. The Labute approximate surface area is 125 Å². The summed E-state index contributed by atoms with van der Waals surface area (Å²) in [6.07, 6.45) is -1.50. The van der Waals surface area contributed by atoms with Crippen LogP contribution in [0.2, 0.25) is 0 Å². The molecule has 4 nitrogen and oxygen atoms in total. The Kier molecular flexibility index (Phi) is 4.44. The topological polar surface area (TPSA) is 46.1 Å². The quantitative estimate of drug-likeness (QED) is 0.875. The van der Waals surface area contributed by atoms with Crippen molar-refractivity contribution in [3.8, 4) is 0 Å². The molecule has 0 atom stereocenters. The van der Waals surface area contributed by atoms with Crippen LogP contribution in [0.4, 0.5) is 13.2 Å². The number of aromatic nitrogens is 2. The van der Waals surface area contributed by atoms with E-state index in [0.717, 1.165) is 12.1 Å². The fourth-order valence-electron chi connectivity index (χ4n) is 1.84. The number of hydrogen-bond acceptors (Lipinski definition) is 3. The summed E-state index contributed by atoms with van der Waals surface area (Å²) < 4.78 is 37.5. The smallest absolute Gasteiger partial charge is 0.336 e. The molecule has 116 valence electrons. The van der Waals surface area contributed by atoms with Crippen molar-refractivity contribution in [3.05, 3.63) is 59.2 Å². The van der Waals surface area contributed by atoms with Crippen molar-refractivity contribution in [1.29, 1.82) is 0 Å². The van der Waals surface area contributed by atoms with Crippen molar-refractivity contribution in [1.82, 2.24) is 14.9 Å². The van der Waals surface area contributed by atoms with Gasteiger partial charge in [-0.2, -0.15) is 13.2 Å². The first kappa shape index (κ1) is 15.9. The van der Waals surface area contributed by atoms with E-state index in [0.29, 0.717) is 11.3 Å². The Morgan fingerprint density at radius 2 is 1.77 bits per heavy atom. The number of halogens is 3. The van der Waals surface area contributed by atoms with Crippen LogP contribution in [0, 0.1) is 6.92 Å². The number of benzene rings is 1. The number of aryl methyl sites for hydroxylation is 1. The van der Waals surface area contributed by atoms with E-state index in [1.54, 1.807) is 14.0 Å². The minimum Gasteiger partial charge on any atom is -0.336 e. The van der Waals surface area contributed by atoms with Crippen LogP contribution >= 0.6 is 0 Å². The molecule has 0 radical (unpaired) electrons. The van der Waals surface area contributed by atoms with E-state index in [2.05, 4.69) is 9.97 Å². The van der Waals surface area contributed by atoms with Crippen molar-refractivity contribution in [2.75, 3.05) is 7.05 Å². The van der Waals surface area contributed by atoms with Gasteiger partial charge >= 0.3 is 6.18 Å². The SMILES string of the molecule is Cc1cnc(C(=O)N(C)Cc2ccc(C(F)(F)F)cc2)cn1. The molecular weight excluding hydrogens is 295 g/mol. The van der Waals surface area contributed by atoms with Crippen molar-refractivity contribution in [3.63, 3.8) is 0 Å². The summed E-state index contributed by atoms with van der Waals surface area (Å²) in [5, 5.41) is 0. The highest BCUT2D eigenvalue weighted by Gasteiger charge is 2.30. The number of alkyl halides is 3. The van der Waals surface area contributed by atoms with Crippen molar-refractivity contribution in [2.24, 2.45) is 0 Å². The molecule has 0 N–H and O–H groups in total. The van der Waals surface area contributed by atoms with Gasteiger partial charge in [-0.3, -0.25) is 9.78 Å². The Hall–Kier alpha value is -2.44. The molecule has 22 heavy (non-hydrogen) atoms. The molecule has 0 spiro atoms. The van der Waals surface area contributed by atoms with Gasteiger partial charge in [-0.1, -0.05) is 12.1 Å². The maximum Gasteiger partial charge on any atom is 0.416 e. The predicted molar refractivity (Wildman–Crippen MR) is 74.0 cm³/mol. The van der Waals surface area contributed by atoms with Gasteiger partial charge in [0.2, 0.25) is 0 Å². The van der Waals surface area contributed by atoms with Crippen LogP contribution in [0.25, 0.3) is 0 Å². The highest BCUT2D eigenvalue weighted by Crippen LogP contribution is 2.29. The van der Waals surface area contributed by atoms with E-state index in [4.69, 9.17) is 0 Å². The zero-order valence-corrected chi connectivity index (χ0v) is 12.1. The van der Waals surface area contributed by atoms with Crippen LogP contribution in [0.5, 0.6) is 0 Å². The molecular formula is C15H14F3N3O. The minimum absolute atomic E-state index is 0.187. The first-order valence-electron chi connectivity index (χ1n) is 6.47. The first-order chi connectivity index (χ1) is 10.3. The lowest BCUT2D eigenvalue weighted by Gasteiger charge is -2.17. The third-order valence-corrected chi connectivity index (χ3v) is 3.05. The molecule has 0 bridgehead atoms. The summed E-state index contributed by atoms with van der Waals surface area (Å²) in [5.41, 5.74) is 0.778. The standard InChI is InChI=1S/C15H14F3N3O/c1-10-7-20-13(8-19-10)14(22)21(2)9-11-3-5-12(6-4-11)15(16,17)18/h3-8H,9H2,1-2H3. The maximum absolute atomic E-state index is 12.5. The number of hydrogen-bond donors (Lipinski definition) is 0. The summed E-state index contributed by atoms with van der Waals surface area (Å²) in [7, 11) is 1.56. The Morgan fingerprint density at radius 3 is 2.27 bits per heavy atom. The van der Waals surface area contributed by atoms with Crippen molar-refractivity contribution in [2.45, 2.75) is 19.6 Å². The molecule has 0 aliphatic carbocycles. The second kappa shape index (κ2) is 6.13. The van der Waals surface area contributed by atoms with Crippen LogP contribution in [0.3, 0.4) is 0 Å². The fourth-order valence-corrected chi connectivity index (χ4v) is 1.84. The molecule has 2 aromatic rings. The number of amides is 1. The van der Waals surface area contributed by atoms with Crippen molar-refractivity contribution >= 4 is 5.91 Å². The molecule has 0 aliphatic rings. The van der Waals surface area contributed by atoms with E-state index in [-0.39, 0.29) is 18.1 Å². The van der Waals surface area contributed by atoms with Gasteiger partial charge in [-0.25, -0.2) is 4.98 Å². The summed E-state index contributed by atoms with van der Waals surface area (Å²) in [4.78, 5) is 21.5. The van der Waals surface area contributed by atoms with Gasteiger partial charge in [0, 0.05) is 19.8 Å². The molecule has 1 amide bonds. The summed E-state index contributed by atoms with van der Waals surface area (Å²) in [5.74, 6) is -0.340. The van der Waals surface area contributed by atoms with E-state index in [1.165, 1.54) is 29.4 Å². The summed E-state index contributed by atoms with van der Waals surface area (Å²) >= 11 is 0. The van der Waals surface area contributed by atoms with Crippen LogP contribution in [0.15, 0.2) is 36.7 Å². The Morgan fingerprint density at radius 1 is 1.14 bits per heavy atom. The Bertz CT molecular complexity index is 651. The second-order valence-corrected chi connectivity index (χ2v) is 4.90. The predicted octanol–water partition coefficient (Wildman–Crippen LogP) is 3.08. The molecule has 7 heteroatoms. The third-order valence-electron chi connectivity index (χ3n) is 3.05. The van der Waals surface area contributed by atoms with Gasteiger partial charge in [0.15, 0.2) is 0 Å². The molecule has 0 saturated carbocycles. The highest BCUT2D eigenvalue weighted by molar-refractivity contribution is 5.91. The second-order valence-electron chi connectivity index (χ2n) is 4.90. The average Bonchev–Trinajstić information content (AvgIpc) is 2.47. The zero-order chi connectivity index (χ0) is 16.3. The lowest BCUT2D eigenvalue weighted by atomic mass is 10.1. The molecule has 1 aromatic carbocycles. The highest BCUT2D eigenvalue weighted by atomic mass is 19.4. The fraction of sp³-hybridized carbons (Fsp3) is 0.267. The Balaban J connectivity index is 2.06. The van der Waals surface area contributed by atoms with E-state index < -0.39 is 11.7 Å². The van der Waals surface area contributed by atoms with Crippen LogP contribution in [0.1, 0.15) is 27.3 Å². The summed E-state index contributed by atoms with van der Waals surface area (Å²) in [6, 6.07) is 4.71. The van der Waals surface area contributed by atoms with Gasteiger partial charge < -0.3 is 4.90 Å².